The van der Waals surface area contributed by atoms with E-state index in [2.05, 4.69) is 39.4 Å². The van der Waals surface area contributed by atoms with Gasteiger partial charge in [0, 0.05) is 43.7 Å². The van der Waals surface area contributed by atoms with Crippen LogP contribution in [0.3, 0.4) is 0 Å². The zero-order valence-electron chi connectivity index (χ0n) is 16.7. The van der Waals surface area contributed by atoms with Gasteiger partial charge in [-0.25, -0.2) is 0 Å². The van der Waals surface area contributed by atoms with Crippen molar-refractivity contribution in [1.29, 1.82) is 0 Å². The topological polar surface area (TPSA) is 48.5 Å². The fraction of sp³-hybridized carbons (Fsp3) is 0.391. The van der Waals surface area contributed by atoms with Crippen LogP contribution in [0.15, 0.2) is 54.6 Å². The van der Waals surface area contributed by atoms with E-state index >= 15 is 0 Å². The van der Waals surface area contributed by atoms with Crippen LogP contribution in [0, 0.1) is 0 Å². The van der Waals surface area contributed by atoms with Gasteiger partial charge in [-0.05, 0) is 55.2 Å². The fourth-order valence-corrected chi connectivity index (χ4v) is 4.61. The van der Waals surface area contributed by atoms with Gasteiger partial charge in [0.05, 0.1) is 4.70 Å². The molecule has 1 aliphatic rings. The van der Waals surface area contributed by atoms with Crippen molar-refractivity contribution in [2.75, 3.05) is 44.2 Å². The number of piperazine rings is 1. The molecule has 0 spiro atoms. The van der Waals surface area contributed by atoms with Crippen LogP contribution >= 0.6 is 11.5 Å². The number of anilines is 1. The number of fused-ring (bicyclic) bond motifs is 1. The van der Waals surface area contributed by atoms with Gasteiger partial charge in [-0.3, -0.25) is 9.69 Å². The van der Waals surface area contributed by atoms with E-state index in [1.807, 2.05) is 30.3 Å². The summed E-state index contributed by atoms with van der Waals surface area (Å²) < 4.78 is 5.96. The Morgan fingerprint density at radius 1 is 0.931 bits per heavy atom. The largest absolute Gasteiger partial charge is 0.353 e. The quantitative estimate of drug-likeness (QED) is 0.572. The molecular weight excluding hydrogens is 380 g/mol. The van der Waals surface area contributed by atoms with E-state index in [1.54, 1.807) is 11.5 Å². The minimum atomic E-state index is 0.0243. The molecule has 1 saturated heterocycles. The normalized spacial score (nSPS) is 15.0. The Labute approximate surface area is 176 Å². The first kappa shape index (κ1) is 19.9. The molecule has 1 N–H and O–H groups in total. The van der Waals surface area contributed by atoms with Gasteiger partial charge in [-0.1, -0.05) is 36.8 Å². The van der Waals surface area contributed by atoms with E-state index in [1.165, 1.54) is 16.5 Å². The fourth-order valence-electron chi connectivity index (χ4n) is 3.81. The van der Waals surface area contributed by atoms with Crippen molar-refractivity contribution in [2.24, 2.45) is 0 Å². The maximum absolute atomic E-state index is 12.0. The van der Waals surface area contributed by atoms with Gasteiger partial charge in [-0.15, -0.1) is 0 Å². The summed E-state index contributed by atoms with van der Waals surface area (Å²) in [6, 6.07) is 17.9. The van der Waals surface area contributed by atoms with Gasteiger partial charge in [-0.2, -0.15) is 4.37 Å². The Hall–Kier alpha value is -2.44. The minimum Gasteiger partial charge on any atom is -0.353 e. The van der Waals surface area contributed by atoms with E-state index < -0.39 is 0 Å². The first-order valence-corrected chi connectivity index (χ1v) is 11.2. The van der Waals surface area contributed by atoms with Crippen LogP contribution in [-0.4, -0.2) is 54.4 Å². The highest BCUT2D eigenvalue weighted by Crippen LogP contribution is 2.29. The molecule has 5 nitrogen and oxygen atoms in total. The molecule has 1 amide bonds. The average molecular weight is 409 g/mol. The molecule has 6 heteroatoms. The van der Waals surface area contributed by atoms with Crippen LogP contribution in [0.1, 0.15) is 29.6 Å². The average Bonchev–Trinajstić information content (AvgIpc) is 3.21. The molecule has 3 aromatic rings. The summed E-state index contributed by atoms with van der Waals surface area (Å²) in [6.07, 6.45) is 3.36. The molecule has 29 heavy (non-hydrogen) atoms. The molecule has 0 aliphatic carbocycles. The lowest BCUT2D eigenvalue weighted by molar-refractivity contribution is 0.0953. The van der Waals surface area contributed by atoms with Gasteiger partial charge in [0.15, 0.2) is 0 Å². The molecule has 0 bridgehead atoms. The van der Waals surface area contributed by atoms with Crippen LogP contribution < -0.4 is 10.2 Å². The number of carbonyl (C=O) groups excluding carboxylic acids is 1. The Morgan fingerprint density at radius 2 is 1.69 bits per heavy atom. The summed E-state index contributed by atoms with van der Waals surface area (Å²) in [7, 11) is 0. The molecule has 2 heterocycles. The first-order valence-electron chi connectivity index (χ1n) is 10.5. The summed E-state index contributed by atoms with van der Waals surface area (Å²) in [5.74, 6) is 1.18. The monoisotopic (exact) mass is 408 g/mol. The number of nitrogens with zero attached hydrogens (tertiary/aromatic N) is 3. The molecule has 1 aromatic heterocycles. The maximum atomic E-state index is 12.0. The van der Waals surface area contributed by atoms with Gasteiger partial charge >= 0.3 is 0 Å². The number of aromatic nitrogens is 1. The molecule has 0 radical (unpaired) electrons. The summed E-state index contributed by atoms with van der Waals surface area (Å²) in [4.78, 5) is 17.0. The third-order valence-corrected chi connectivity index (χ3v) is 6.32. The van der Waals surface area contributed by atoms with Crippen LogP contribution in [0.25, 0.3) is 10.1 Å². The summed E-state index contributed by atoms with van der Waals surface area (Å²) in [5.41, 5.74) is 0.735. The van der Waals surface area contributed by atoms with Crippen molar-refractivity contribution in [2.45, 2.75) is 19.3 Å². The lowest BCUT2D eigenvalue weighted by Crippen LogP contribution is -2.46. The van der Waals surface area contributed by atoms with Crippen LogP contribution in [0.4, 0.5) is 5.82 Å². The van der Waals surface area contributed by atoms with Crippen LogP contribution in [0.2, 0.25) is 0 Å². The van der Waals surface area contributed by atoms with E-state index in [0.717, 1.165) is 63.5 Å². The Kier molecular flexibility index (Phi) is 6.75. The molecule has 2 aromatic carbocycles. The molecule has 4 rings (SSSR count). The number of rotatable bonds is 8. The van der Waals surface area contributed by atoms with E-state index in [0.29, 0.717) is 0 Å². The second-order valence-corrected chi connectivity index (χ2v) is 8.32. The minimum absolute atomic E-state index is 0.0243. The highest BCUT2D eigenvalue weighted by molar-refractivity contribution is 7.13. The van der Waals surface area contributed by atoms with Crippen molar-refractivity contribution < 1.29 is 4.79 Å². The zero-order valence-corrected chi connectivity index (χ0v) is 17.5. The molecule has 152 valence electrons. The van der Waals surface area contributed by atoms with Gasteiger partial charge < -0.3 is 10.2 Å². The van der Waals surface area contributed by atoms with Crippen molar-refractivity contribution in [1.82, 2.24) is 14.6 Å². The van der Waals surface area contributed by atoms with Crippen molar-refractivity contribution in [3.63, 3.8) is 0 Å². The second kappa shape index (κ2) is 9.85. The number of benzene rings is 2. The van der Waals surface area contributed by atoms with E-state index in [4.69, 9.17) is 4.37 Å². The predicted molar refractivity (Wildman–Crippen MR) is 121 cm³/mol. The molecule has 1 aliphatic heterocycles. The summed E-state index contributed by atoms with van der Waals surface area (Å²) in [5, 5.41) is 4.29. The van der Waals surface area contributed by atoms with Gasteiger partial charge in [0.25, 0.3) is 5.91 Å². The third kappa shape index (κ3) is 5.14. The number of amides is 1. The van der Waals surface area contributed by atoms with Crippen molar-refractivity contribution >= 4 is 33.3 Å². The van der Waals surface area contributed by atoms with Gasteiger partial charge in [0.1, 0.15) is 5.82 Å². The SMILES string of the molecule is O=C(NCCCCCN1CCN(c2nsc3ccccc23)CC1)c1ccccc1. The molecule has 0 atom stereocenters. The summed E-state index contributed by atoms with van der Waals surface area (Å²) >= 11 is 1.60. The summed E-state index contributed by atoms with van der Waals surface area (Å²) in [6.45, 7) is 6.16. The number of nitrogens with one attached hydrogen (secondary N) is 1. The van der Waals surface area contributed by atoms with Crippen molar-refractivity contribution in [3.05, 3.63) is 60.2 Å². The van der Waals surface area contributed by atoms with E-state index in [9.17, 15) is 4.79 Å². The standard InChI is InChI=1S/C23H28N4OS/c28-23(19-9-3-1-4-10-19)24-13-7-2-8-14-26-15-17-27(18-16-26)22-20-11-5-6-12-21(20)29-25-22/h1,3-6,9-12H,2,7-8,13-18H2,(H,24,28). The number of carbonyl (C=O) groups is 1. The lowest BCUT2D eigenvalue weighted by atomic mass is 10.2. The Bertz CT molecular complexity index is 919. The van der Waals surface area contributed by atoms with Gasteiger partial charge in [0.2, 0.25) is 0 Å². The number of hydrogen-bond donors (Lipinski definition) is 1. The lowest BCUT2D eigenvalue weighted by Gasteiger charge is -2.35. The highest BCUT2D eigenvalue weighted by atomic mass is 32.1. The molecular formula is C23H28N4OS. The third-order valence-electron chi connectivity index (χ3n) is 5.50. The predicted octanol–water partition coefficient (Wildman–Crippen LogP) is 4.02. The Balaban J connectivity index is 1.12. The number of hydrogen-bond acceptors (Lipinski definition) is 5. The second-order valence-electron chi connectivity index (χ2n) is 7.51. The first-order chi connectivity index (χ1) is 14.3. The molecule has 0 saturated carbocycles. The number of unbranched alkanes of at least 4 members (excludes halogenated alkanes) is 2. The molecule has 0 unspecified atom stereocenters. The van der Waals surface area contributed by atoms with Crippen LogP contribution in [-0.2, 0) is 0 Å². The molecule has 1 fully saturated rings. The zero-order chi connectivity index (χ0) is 19.9. The smallest absolute Gasteiger partial charge is 0.251 e. The van der Waals surface area contributed by atoms with Crippen molar-refractivity contribution in [3.8, 4) is 0 Å². The van der Waals surface area contributed by atoms with E-state index in [-0.39, 0.29) is 5.91 Å². The Morgan fingerprint density at radius 3 is 2.52 bits per heavy atom. The highest BCUT2D eigenvalue weighted by Gasteiger charge is 2.20. The maximum Gasteiger partial charge on any atom is 0.251 e. The van der Waals surface area contributed by atoms with Crippen LogP contribution in [0.5, 0.6) is 0 Å².